The molecule has 1 aromatic rings. The Labute approximate surface area is 161 Å². The van der Waals surface area contributed by atoms with Crippen molar-refractivity contribution in [3.8, 4) is 0 Å². The number of hydrogen-bond acceptors (Lipinski definition) is 4. The van der Waals surface area contributed by atoms with Crippen LogP contribution in [0.4, 0.5) is 5.69 Å². The van der Waals surface area contributed by atoms with Crippen molar-refractivity contribution in [3.05, 3.63) is 22.8 Å². The lowest BCUT2D eigenvalue weighted by Gasteiger charge is -2.11. The number of hydrogen-bond donors (Lipinski definition) is 3. The summed E-state index contributed by atoms with van der Waals surface area (Å²) in [6.45, 7) is 0. The highest BCUT2D eigenvalue weighted by atomic mass is 127. The number of thioether (sulfide) groups is 1. The molecule has 1 amide bonds. The standard InChI is InChI=1S/C11H11I3N2O3S/c12-5-1-6(13)10(7(14)2-5)16-9(17)4-20-3-8(15)11(18)19/h1-2,8H,3-4,15H2,(H,16,17)(H,18,19)/t8-/m0/s1. The van der Waals surface area contributed by atoms with Crippen molar-refractivity contribution in [1.82, 2.24) is 0 Å². The van der Waals surface area contributed by atoms with Gasteiger partial charge in [-0.3, -0.25) is 9.59 Å². The Hall–Kier alpha value is 0.660. The molecule has 0 bridgehead atoms. The number of aliphatic carboxylic acids is 1. The molecule has 0 aliphatic carbocycles. The van der Waals surface area contributed by atoms with Gasteiger partial charge in [0.05, 0.1) is 11.4 Å². The molecule has 0 aliphatic heterocycles. The molecule has 1 aromatic carbocycles. The molecule has 0 radical (unpaired) electrons. The van der Waals surface area contributed by atoms with E-state index in [1.54, 1.807) is 0 Å². The Kier molecular flexibility index (Phi) is 8.37. The fourth-order valence-corrected chi connectivity index (χ4v) is 5.81. The maximum Gasteiger partial charge on any atom is 0.321 e. The average molecular weight is 632 g/mol. The zero-order chi connectivity index (χ0) is 15.3. The first-order valence-electron chi connectivity index (χ1n) is 5.31. The topological polar surface area (TPSA) is 92.4 Å². The number of carboxylic acids is 1. The van der Waals surface area contributed by atoms with E-state index in [0.29, 0.717) is 0 Å². The number of nitrogens with one attached hydrogen (secondary N) is 1. The van der Waals surface area contributed by atoms with Gasteiger partial charge in [-0.2, -0.15) is 0 Å². The number of nitrogens with two attached hydrogens (primary N) is 1. The largest absolute Gasteiger partial charge is 0.480 e. The summed E-state index contributed by atoms with van der Waals surface area (Å²) in [7, 11) is 0. The number of carbonyl (C=O) groups excluding carboxylic acids is 1. The Balaban J connectivity index is 2.53. The Bertz CT molecular complexity index is 505. The molecule has 5 nitrogen and oxygen atoms in total. The molecule has 0 saturated heterocycles. The van der Waals surface area contributed by atoms with Crippen LogP contribution in [0, 0.1) is 10.7 Å². The molecular formula is C11H11I3N2O3S. The summed E-state index contributed by atoms with van der Waals surface area (Å²) in [5, 5.41) is 11.5. The third-order valence-corrected chi connectivity index (χ3v) is 5.50. The molecule has 0 spiro atoms. The number of benzene rings is 1. The third-order valence-electron chi connectivity index (χ3n) is 2.12. The molecule has 0 aliphatic rings. The third kappa shape index (κ3) is 6.19. The molecule has 4 N–H and O–H groups in total. The smallest absolute Gasteiger partial charge is 0.321 e. The van der Waals surface area contributed by atoms with Crippen LogP contribution in [0.1, 0.15) is 0 Å². The zero-order valence-electron chi connectivity index (χ0n) is 10.0. The Morgan fingerprint density at radius 3 is 2.35 bits per heavy atom. The minimum absolute atomic E-state index is 0.162. The van der Waals surface area contributed by atoms with Crippen LogP contribution < -0.4 is 11.1 Å². The average Bonchev–Trinajstić information content (AvgIpc) is 2.33. The molecule has 0 fully saturated rings. The van der Waals surface area contributed by atoms with Gasteiger partial charge in [-0.05, 0) is 79.9 Å². The number of anilines is 1. The van der Waals surface area contributed by atoms with E-state index < -0.39 is 12.0 Å². The zero-order valence-corrected chi connectivity index (χ0v) is 17.3. The molecule has 0 saturated carbocycles. The SMILES string of the molecule is N[C@@H](CSCC(=O)Nc1c(I)cc(I)cc1I)C(=O)O. The van der Waals surface area contributed by atoms with E-state index in [1.165, 1.54) is 11.8 Å². The first-order chi connectivity index (χ1) is 9.31. The summed E-state index contributed by atoms with van der Waals surface area (Å²) in [6, 6.07) is 3.02. The van der Waals surface area contributed by atoms with Gasteiger partial charge in [0.1, 0.15) is 6.04 Å². The second-order valence-electron chi connectivity index (χ2n) is 3.75. The maximum atomic E-state index is 11.8. The fourth-order valence-electron chi connectivity index (χ4n) is 1.19. The van der Waals surface area contributed by atoms with E-state index in [4.69, 9.17) is 10.8 Å². The highest BCUT2D eigenvalue weighted by Crippen LogP contribution is 2.27. The Morgan fingerprint density at radius 2 is 1.85 bits per heavy atom. The van der Waals surface area contributed by atoms with E-state index in [9.17, 15) is 9.59 Å². The van der Waals surface area contributed by atoms with Crippen molar-refractivity contribution >= 4 is 97.1 Å². The van der Waals surface area contributed by atoms with Crippen molar-refractivity contribution in [3.63, 3.8) is 0 Å². The Morgan fingerprint density at radius 1 is 1.30 bits per heavy atom. The molecule has 1 atom stereocenters. The fraction of sp³-hybridized carbons (Fsp3) is 0.273. The lowest BCUT2D eigenvalue weighted by Crippen LogP contribution is -2.33. The van der Waals surface area contributed by atoms with Crippen LogP contribution in [0.3, 0.4) is 0 Å². The van der Waals surface area contributed by atoms with Crippen molar-refractivity contribution in [2.45, 2.75) is 6.04 Å². The molecule has 110 valence electrons. The lowest BCUT2D eigenvalue weighted by atomic mass is 10.3. The normalized spacial score (nSPS) is 12.0. The molecule has 9 heteroatoms. The molecule has 20 heavy (non-hydrogen) atoms. The first kappa shape index (κ1) is 18.7. The van der Waals surface area contributed by atoms with Gasteiger partial charge in [-0.15, -0.1) is 11.8 Å². The number of rotatable bonds is 6. The van der Waals surface area contributed by atoms with Crippen molar-refractivity contribution < 1.29 is 14.7 Å². The number of carboxylic acid groups (broad SMARTS) is 1. The summed E-state index contributed by atoms with van der Waals surface area (Å²) in [6.07, 6.45) is 0. The molecule has 0 heterocycles. The molecular weight excluding hydrogens is 621 g/mol. The quantitative estimate of drug-likeness (QED) is 0.420. The first-order valence-corrected chi connectivity index (χ1v) is 9.71. The van der Waals surface area contributed by atoms with Gasteiger partial charge in [0.25, 0.3) is 0 Å². The molecule has 0 unspecified atom stereocenters. The van der Waals surface area contributed by atoms with Gasteiger partial charge in [-0.25, -0.2) is 0 Å². The summed E-state index contributed by atoms with van der Waals surface area (Å²) in [5.41, 5.74) is 6.16. The minimum atomic E-state index is -1.06. The van der Waals surface area contributed by atoms with Gasteiger partial charge in [0.2, 0.25) is 5.91 Å². The maximum absolute atomic E-state index is 11.8. The van der Waals surface area contributed by atoms with Gasteiger partial charge >= 0.3 is 5.97 Å². The van der Waals surface area contributed by atoms with Crippen LogP contribution in [-0.4, -0.2) is 34.5 Å². The molecule has 0 aromatic heterocycles. The van der Waals surface area contributed by atoms with Crippen LogP contribution in [0.2, 0.25) is 0 Å². The van der Waals surface area contributed by atoms with E-state index in [2.05, 4.69) is 73.1 Å². The summed E-state index contributed by atoms with van der Waals surface area (Å²) >= 11 is 7.78. The van der Waals surface area contributed by atoms with Gasteiger partial charge < -0.3 is 16.2 Å². The summed E-state index contributed by atoms with van der Waals surface area (Å²) in [4.78, 5) is 22.4. The predicted octanol–water partition coefficient (Wildman–Crippen LogP) is 2.58. The van der Waals surface area contributed by atoms with Crippen LogP contribution in [-0.2, 0) is 9.59 Å². The highest BCUT2D eigenvalue weighted by Gasteiger charge is 2.14. The van der Waals surface area contributed by atoms with E-state index >= 15 is 0 Å². The predicted molar refractivity (Wildman–Crippen MR) is 106 cm³/mol. The summed E-state index contributed by atoms with van der Waals surface area (Å²) in [5.74, 6) is -0.827. The van der Waals surface area contributed by atoms with Crippen molar-refractivity contribution in [2.75, 3.05) is 16.8 Å². The van der Waals surface area contributed by atoms with E-state index in [-0.39, 0.29) is 17.4 Å². The van der Waals surface area contributed by atoms with Gasteiger partial charge in [0, 0.05) is 16.5 Å². The molecule has 1 rings (SSSR count). The number of carbonyl (C=O) groups is 2. The van der Waals surface area contributed by atoms with Crippen molar-refractivity contribution in [1.29, 1.82) is 0 Å². The highest BCUT2D eigenvalue weighted by molar-refractivity contribution is 14.1. The number of halogens is 3. The van der Waals surface area contributed by atoms with E-state index in [0.717, 1.165) is 16.4 Å². The summed E-state index contributed by atoms with van der Waals surface area (Å²) < 4.78 is 3.05. The van der Waals surface area contributed by atoms with Crippen LogP contribution in [0.15, 0.2) is 12.1 Å². The monoisotopic (exact) mass is 632 g/mol. The second kappa shape index (κ2) is 8.95. The van der Waals surface area contributed by atoms with Gasteiger partial charge in [-0.1, -0.05) is 0 Å². The van der Waals surface area contributed by atoms with Crippen LogP contribution in [0.25, 0.3) is 0 Å². The van der Waals surface area contributed by atoms with Gasteiger partial charge in [0.15, 0.2) is 0 Å². The second-order valence-corrected chi connectivity index (χ2v) is 8.35. The number of amides is 1. The lowest BCUT2D eigenvalue weighted by molar-refractivity contribution is -0.137. The van der Waals surface area contributed by atoms with Crippen LogP contribution in [0.5, 0.6) is 0 Å². The van der Waals surface area contributed by atoms with Crippen LogP contribution >= 0.6 is 79.5 Å². The van der Waals surface area contributed by atoms with E-state index in [1.807, 2.05) is 12.1 Å². The van der Waals surface area contributed by atoms with Crippen molar-refractivity contribution in [2.24, 2.45) is 5.73 Å². The minimum Gasteiger partial charge on any atom is -0.480 e.